The third-order valence-corrected chi connectivity index (χ3v) is 1.74. The lowest BCUT2D eigenvalue weighted by atomic mass is 10.1. The van der Waals surface area contributed by atoms with Gasteiger partial charge in [0.05, 0.1) is 6.04 Å². The fraction of sp³-hybridized carbons (Fsp3) is 0.250. The van der Waals surface area contributed by atoms with E-state index >= 15 is 0 Å². The number of fused-ring (bicyclic) bond motifs is 1. The first-order valence-electron chi connectivity index (χ1n) is 3.35. The Bertz CT molecular complexity index is 255. The van der Waals surface area contributed by atoms with Crippen LogP contribution < -0.4 is 10.5 Å². The van der Waals surface area contributed by atoms with Gasteiger partial charge in [0.2, 0.25) is 0 Å². The topological polar surface area (TPSA) is 35.2 Å². The summed E-state index contributed by atoms with van der Waals surface area (Å²) in [6, 6.07) is 7.97. The van der Waals surface area contributed by atoms with E-state index in [-0.39, 0.29) is 30.9 Å². The van der Waals surface area contributed by atoms with Crippen LogP contribution in [0.4, 0.5) is 0 Å². The molecule has 0 spiro atoms. The van der Waals surface area contributed by atoms with Gasteiger partial charge < -0.3 is 10.5 Å². The van der Waals surface area contributed by atoms with Gasteiger partial charge in [-0.2, -0.15) is 0 Å². The zero-order valence-electron chi connectivity index (χ0n) is 6.40. The summed E-state index contributed by atoms with van der Waals surface area (Å²) in [7, 11) is 0. The van der Waals surface area contributed by atoms with Crippen LogP contribution in [0.25, 0.3) is 0 Å². The van der Waals surface area contributed by atoms with E-state index in [0.717, 1.165) is 11.3 Å². The Kier molecular flexibility index (Phi) is 4.39. The molecule has 1 atom stereocenters. The number of hydrogen-bond donors (Lipinski definition) is 1. The minimum absolute atomic E-state index is 0. The highest BCUT2D eigenvalue weighted by Gasteiger charge is 2.18. The maximum Gasteiger partial charge on any atom is 0.124 e. The number of ether oxygens (including phenoxy) is 1. The van der Waals surface area contributed by atoms with Crippen molar-refractivity contribution in [3.63, 3.8) is 0 Å². The Morgan fingerprint density at radius 1 is 1.25 bits per heavy atom. The minimum atomic E-state index is 0. The van der Waals surface area contributed by atoms with Crippen molar-refractivity contribution in [2.75, 3.05) is 6.61 Å². The van der Waals surface area contributed by atoms with Crippen molar-refractivity contribution in [3.05, 3.63) is 29.8 Å². The number of halogens is 2. The zero-order valence-corrected chi connectivity index (χ0v) is 8.03. The van der Waals surface area contributed by atoms with Gasteiger partial charge in [-0.15, -0.1) is 24.8 Å². The average molecular weight is 208 g/mol. The molecule has 0 fully saturated rings. The molecule has 2 nitrogen and oxygen atoms in total. The van der Waals surface area contributed by atoms with Crippen LogP contribution in [0.2, 0.25) is 0 Å². The van der Waals surface area contributed by atoms with Gasteiger partial charge in [0.1, 0.15) is 12.4 Å². The molecule has 0 saturated heterocycles. The molecule has 0 bridgehead atoms. The van der Waals surface area contributed by atoms with Crippen molar-refractivity contribution < 1.29 is 4.74 Å². The molecule has 1 aromatic carbocycles. The van der Waals surface area contributed by atoms with Crippen molar-refractivity contribution in [1.82, 2.24) is 0 Å². The van der Waals surface area contributed by atoms with Crippen LogP contribution in [0, 0.1) is 0 Å². The maximum absolute atomic E-state index is 5.72. The quantitative estimate of drug-likeness (QED) is 0.706. The van der Waals surface area contributed by atoms with Crippen LogP contribution in [-0.2, 0) is 0 Å². The van der Waals surface area contributed by atoms with Gasteiger partial charge in [-0.1, -0.05) is 18.2 Å². The zero-order chi connectivity index (χ0) is 6.97. The minimum Gasteiger partial charge on any atom is -0.491 e. The standard InChI is InChI=1S/C8H9NO.2ClH/c9-7-5-10-8-4-2-1-3-6(7)8;;/h1-4,7H,5,9H2;2*1H. The summed E-state index contributed by atoms with van der Waals surface area (Å²) in [5.41, 5.74) is 6.85. The van der Waals surface area contributed by atoms with Crippen LogP contribution in [0.1, 0.15) is 11.6 Å². The Labute approximate surface area is 83.9 Å². The highest BCUT2D eigenvalue weighted by Crippen LogP contribution is 2.29. The first kappa shape index (κ1) is 11.6. The molecular weight excluding hydrogens is 197 g/mol. The molecule has 68 valence electrons. The molecule has 0 aliphatic carbocycles. The largest absolute Gasteiger partial charge is 0.491 e. The van der Waals surface area contributed by atoms with Crippen molar-refractivity contribution in [2.24, 2.45) is 5.73 Å². The van der Waals surface area contributed by atoms with Crippen LogP contribution >= 0.6 is 24.8 Å². The molecule has 0 aromatic heterocycles. The SMILES string of the molecule is Cl.Cl.NC1COc2ccccc21. The fourth-order valence-corrected chi connectivity index (χ4v) is 1.19. The molecule has 1 heterocycles. The molecule has 1 aliphatic rings. The molecule has 1 unspecified atom stereocenters. The highest BCUT2D eigenvalue weighted by molar-refractivity contribution is 5.85. The predicted molar refractivity (Wildman–Crippen MR) is 53.4 cm³/mol. The second kappa shape index (κ2) is 4.55. The fourth-order valence-electron chi connectivity index (χ4n) is 1.19. The first-order valence-corrected chi connectivity index (χ1v) is 3.35. The van der Waals surface area contributed by atoms with E-state index in [1.54, 1.807) is 0 Å². The second-order valence-electron chi connectivity index (χ2n) is 2.46. The van der Waals surface area contributed by atoms with E-state index in [0.29, 0.717) is 6.61 Å². The molecule has 0 amide bonds. The number of para-hydroxylation sites is 1. The summed E-state index contributed by atoms with van der Waals surface area (Å²) >= 11 is 0. The lowest BCUT2D eigenvalue weighted by Gasteiger charge is -1.96. The highest BCUT2D eigenvalue weighted by atomic mass is 35.5. The predicted octanol–water partition coefficient (Wildman–Crippen LogP) is 1.92. The lowest BCUT2D eigenvalue weighted by molar-refractivity contribution is 0.333. The first-order chi connectivity index (χ1) is 4.88. The molecule has 1 aliphatic heterocycles. The van der Waals surface area contributed by atoms with Crippen LogP contribution in [-0.4, -0.2) is 6.61 Å². The van der Waals surface area contributed by atoms with Gasteiger partial charge in [0.15, 0.2) is 0 Å². The van der Waals surface area contributed by atoms with Gasteiger partial charge in [-0.05, 0) is 6.07 Å². The second-order valence-corrected chi connectivity index (χ2v) is 2.46. The van der Waals surface area contributed by atoms with E-state index in [4.69, 9.17) is 10.5 Å². The summed E-state index contributed by atoms with van der Waals surface area (Å²) in [5.74, 6) is 0.940. The number of rotatable bonds is 0. The number of hydrogen-bond acceptors (Lipinski definition) is 2. The summed E-state index contributed by atoms with van der Waals surface area (Å²) < 4.78 is 5.29. The van der Waals surface area contributed by atoms with Crippen molar-refractivity contribution in [3.8, 4) is 5.75 Å². The van der Waals surface area contributed by atoms with E-state index in [1.165, 1.54) is 0 Å². The molecule has 2 rings (SSSR count). The van der Waals surface area contributed by atoms with Gasteiger partial charge >= 0.3 is 0 Å². The van der Waals surface area contributed by atoms with Gasteiger partial charge in [-0.3, -0.25) is 0 Å². The Morgan fingerprint density at radius 2 is 1.92 bits per heavy atom. The third-order valence-electron chi connectivity index (χ3n) is 1.74. The van der Waals surface area contributed by atoms with Gasteiger partial charge in [-0.25, -0.2) is 0 Å². The molecule has 12 heavy (non-hydrogen) atoms. The van der Waals surface area contributed by atoms with Gasteiger partial charge in [0.25, 0.3) is 0 Å². The Hall–Kier alpha value is -0.440. The van der Waals surface area contributed by atoms with Crippen molar-refractivity contribution in [2.45, 2.75) is 6.04 Å². The monoisotopic (exact) mass is 207 g/mol. The van der Waals surface area contributed by atoms with E-state index in [9.17, 15) is 0 Å². The summed E-state index contributed by atoms with van der Waals surface area (Å²) in [5, 5.41) is 0. The summed E-state index contributed by atoms with van der Waals surface area (Å²) in [6.45, 7) is 0.624. The normalized spacial score (nSPS) is 18.2. The summed E-state index contributed by atoms with van der Waals surface area (Å²) in [6.07, 6.45) is 0. The van der Waals surface area contributed by atoms with Crippen LogP contribution in [0.3, 0.4) is 0 Å². The molecule has 0 saturated carbocycles. The smallest absolute Gasteiger partial charge is 0.124 e. The molecule has 2 N–H and O–H groups in total. The number of benzene rings is 1. The molecular formula is C8H11Cl2NO. The number of nitrogens with two attached hydrogens (primary N) is 1. The van der Waals surface area contributed by atoms with Crippen molar-refractivity contribution >= 4 is 24.8 Å². The Balaban J connectivity index is 0.000000605. The van der Waals surface area contributed by atoms with Crippen LogP contribution in [0.15, 0.2) is 24.3 Å². The van der Waals surface area contributed by atoms with Crippen LogP contribution in [0.5, 0.6) is 5.75 Å². The van der Waals surface area contributed by atoms with E-state index in [1.807, 2.05) is 24.3 Å². The lowest BCUT2D eigenvalue weighted by Crippen LogP contribution is -2.10. The molecule has 1 aromatic rings. The Morgan fingerprint density at radius 3 is 2.58 bits per heavy atom. The maximum atomic E-state index is 5.72. The summed E-state index contributed by atoms with van der Waals surface area (Å²) in [4.78, 5) is 0. The molecule has 4 heteroatoms. The third kappa shape index (κ3) is 1.83. The van der Waals surface area contributed by atoms with Gasteiger partial charge in [0, 0.05) is 5.56 Å². The van der Waals surface area contributed by atoms with Crippen molar-refractivity contribution in [1.29, 1.82) is 0 Å². The van der Waals surface area contributed by atoms with E-state index < -0.39 is 0 Å². The average Bonchev–Trinajstić information content (AvgIpc) is 2.34. The molecule has 0 radical (unpaired) electrons. The van der Waals surface area contributed by atoms with E-state index in [2.05, 4.69) is 0 Å².